The molecule has 0 saturated carbocycles. The lowest BCUT2D eigenvalue weighted by atomic mass is 10.1. The highest BCUT2D eigenvalue weighted by Crippen LogP contribution is 2.08. The van der Waals surface area contributed by atoms with Crippen LogP contribution in [0.15, 0.2) is 0 Å². The summed E-state index contributed by atoms with van der Waals surface area (Å²) in [6.45, 7) is 7.84. The Hall–Kier alpha value is -0.640. The lowest BCUT2D eigenvalue weighted by Crippen LogP contribution is -2.35. The van der Waals surface area contributed by atoms with Gasteiger partial charge in [0.25, 0.3) is 0 Å². The molecular formula is C14H28N2OS. The quantitative estimate of drug-likeness (QED) is 0.491. The summed E-state index contributed by atoms with van der Waals surface area (Å²) in [7, 11) is 0. The van der Waals surface area contributed by atoms with E-state index in [0.29, 0.717) is 30.3 Å². The molecule has 2 N–H and O–H groups in total. The van der Waals surface area contributed by atoms with Gasteiger partial charge in [0.1, 0.15) is 0 Å². The molecule has 0 radical (unpaired) electrons. The van der Waals surface area contributed by atoms with Crippen molar-refractivity contribution in [1.29, 1.82) is 0 Å². The molecule has 0 spiro atoms. The fourth-order valence-electron chi connectivity index (χ4n) is 1.81. The van der Waals surface area contributed by atoms with E-state index in [-0.39, 0.29) is 5.91 Å². The second-order valence-corrected chi connectivity index (χ2v) is 5.78. The van der Waals surface area contributed by atoms with Gasteiger partial charge in [0.05, 0.1) is 4.99 Å². The van der Waals surface area contributed by atoms with E-state index in [4.69, 9.17) is 18.0 Å². The van der Waals surface area contributed by atoms with Gasteiger partial charge in [-0.3, -0.25) is 4.79 Å². The molecule has 0 saturated heterocycles. The average molecular weight is 272 g/mol. The summed E-state index contributed by atoms with van der Waals surface area (Å²) in [5.74, 6) is 0.637. The average Bonchev–Trinajstić information content (AvgIpc) is 2.26. The van der Waals surface area contributed by atoms with E-state index in [2.05, 4.69) is 20.8 Å². The van der Waals surface area contributed by atoms with E-state index in [1.165, 1.54) is 19.3 Å². The largest absolute Gasteiger partial charge is 0.393 e. The molecule has 0 aromatic carbocycles. The Morgan fingerprint density at radius 1 is 1.22 bits per heavy atom. The third kappa shape index (κ3) is 9.40. The maximum absolute atomic E-state index is 12.1. The summed E-state index contributed by atoms with van der Waals surface area (Å²) < 4.78 is 0. The van der Waals surface area contributed by atoms with Crippen LogP contribution >= 0.6 is 12.2 Å². The molecule has 4 heteroatoms. The number of rotatable bonds is 10. The fourth-order valence-corrected chi connectivity index (χ4v) is 1.91. The highest BCUT2D eigenvalue weighted by atomic mass is 32.1. The predicted molar refractivity (Wildman–Crippen MR) is 81.6 cm³/mol. The fraction of sp³-hybridized carbons (Fsp3) is 0.857. The number of amides is 1. The standard InChI is InChI=1S/C14H28N2OS/c1-4-5-6-7-9-16(10-8-13(15)18)14(17)11-12(2)3/h12H,4-11H2,1-3H3,(H2,15,18). The van der Waals surface area contributed by atoms with E-state index in [1.54, 1.807) is 0 Å². The van der Waals surface area contributed by atoms with Gasteiger partial charge in [-0.2, -0.15) is 0 Å². The molecule has 106 valence electrons. The molecule has 0 fully saturated rings. The van der Waals surface area contributed by atoms with Gasteiger partial charge < -0.3 is 10.6 Å². The molecule has 3 nitrogen and oxygen atoms in total. The third-order valence-corrected chi connectivity index (χ3v) is 3.05. The first-order valence-electron chi connectivity index (χ1n) is 7.03. The smallest absolute Gasteiger partial charge is 0.222 e. The van der Waals surface area contributed by atoms with Crippen LogP contribution in [0.2, 0.25) is 0 Å². The van der Waals surface area contributed by atoms with Crippen molar-refractivity contribution < 1.29 is 4.79 Å². The summed E-state index contributed by atoms with van der Waals surface area (Å²) in [5.41, 5.74) is 5.51. The minimum absolute atomic E-state index is 0.234. The SMILES string of the molecule is CCCCCCN(CCC(N)=S)C(=O)CC(C)C. The molecule has 0 aromatic heterocycles. The Labute approximate surface area is 117 Å². The summed E-state index contributed by atoms with van der Waals surface area (Å²) in [5, 5.41) is 0. The molecular weight excluding hydrogens is 244 g/mol. The number of carbonyl (C=O) groups is 1. The Bertz CT molecular complexity index is 254. The number of unbranched alkanes of at least 4 members (excludes halogenated alkanes) is 3. The van der Waals surface area contributed by atoms with Gasteiger partial charge in [-0.25, -0.2) is 0 Å². The molecule has 0 bridgehead atoms. The molecule has 0 aromatic rings. The predicted octanol–water partition coefficient (Wildman–Crippen LogP) is 3.12. The van der Waals surface area contributed by atoms with Crippen molar-refractivity contribution in [3.05, 3.63) is 0 Å². The van der Waals surface area contributed by atoms with Crippen molar-refractivity contribution in [3.63, 3.8) is 0 Å². The van der Waals surface area contributed by atoms with Crippen molar-refractivity contribution in [1.82, 2.24) is 4.90 Å². The molecule has 0 unspecified atom stereocenters. The lowest BCUT2D eigenvalue weighted by Gasteiger charge is -2.23. The van der Waals surface area contributed by atoms with Gasteiger partial charge in [0.2, 0.25) is 5.91 Å². The molecule has 0 atom stereocenters. The van der Waals surface area contributed by atoms with Crippen LogP contribution in [0.5, 0.6) is 0 Å². The van der Waals surface area contributed by atoms with Gasteiger partial charge in [-0.15, -0.1) is 0 Å². The van der Waals surface area contributed by atoms with Crippen molar-refractivity contribution in [2.75, 3.05) is 13.1 Å². The highest BCUT2D eigenvalue weighted by molar-refractivity contribution is 7.80. The number of carbonyl (C=O) groups excluding carboxylic acids is 1. The number of hydrogen-bond acceptors (Lipinski definition) is 2. The molecule has 18 heavy (non-hydrogen) atoms. The van der Waals surface area contributed by atoms with Crippen LogP contribution in [0.1, 0.15) is 59.3 Å². The maximum Gasteiger partial charge on any atom is 0.222 e. The minimum Gasteiger partial charge on any atom is -0.393 e. The molecule has 0 aliphatic heterocycles. The van der Waals surface area contributed by atoms with Crippen LogP contribution in [-0.2, 0) is 4.79 Å². The Balaban J connectivity index is 4.14. The van der Waals surface area contributed by atoms with Crippen LogP contribution in [0.25, 0.3) is 0 Å². The zero-order valence-electron chi connectivity index (χ0n) is 12.1. The molecule has 0 aliphatic carbocycles. The zero-order valence-corrected chi connectivity index (χ0v) is 12.9. The number of nitrogens with two attached hydrogens (primary N) is 1. The first-order valence-corrected chi connectivity index (χ1v) is 7.44. The summed E-state index contributed by atoms with van der Waals surface area (Å²) in [4.78, 5) is 14.5. The van der Waals surface area contributed by atoms with E-state index < -0.39 is 0 Å². The molecule has 0 rings (SSSR count). The van der Waals surface area contributed by atoms with E-state index in [1.807, 2.05) is 4.90 Å². The van der Waals surface area contributed by atoms with Gasteiger partial charge in [-0.05, 0) is 12.3 Å². The number of nitrogens with zero attached hydrogens (tertiary/aromatic N) is 1. The molecule has 0 heterocycles. The Morgan fingerprint density at radius 3 is 2.39 bits per heavy atom. The third-order valence-electron chi connectivity index (χ3n) is 2.85. The van der Waals surface area contributed by atoms with Crippen molar-refractivity contribution in [2.24, 2.45) is 11.7 Å². The van der Waals surface area contributed by atoms with Crippen LogP contribution < -0.4 is 5.73 Å². The summed E-state index contributed by atoms with van der Waals surface area (Å²) in [6, 6.07) is 0. The van der Waals surface area contributed by atoms with Gasteiger partial charge in [0, 0.05) is 25.9 Å². The van der Waals surface area contributed by atoms with Crippen LogP contribution in [0.4, 0.5) is 0 Å². The first kappa shape index (κ1) is 17.4. The lowest BCUT2D eigenvalue weighted by molar-refractivity contribution is -0.132. The second-order valence-electron chi connectivity index (χ2n) is 5.26. The van der Waals surface area contributed by atoms with Gasteiger partial charge in [0.15, 0.2) is 0 Å². The van der Waals surface area contributed by atoms with Crippen LogP contribution in [-0.4, -0.2) is 28.9 Å². The van der Waals surface area contributed by atoms with Gasteiger partial charge in [-0.1, -0.05) is 52.3 Å². The molecule has 1 amide bonds. The van der Waals surface area contributed by atoms with E-state index >= 15 is 0 Å². The Kier molecular flexibility index (Phi) is 9.93. The first-order chi connectivity index (χ1) is 8.47. The monoisotopic (exact) mass is 272 g/mol. The van der Waals surface area contributed by atoms with Crippen LogP contribution in [0, 0.1) is 5.92 Å². The highest BCUT2D eigenvalue weighted by Gasteiger charge is 2.14. The minimum atomic E-state index is 0.234. The van der Waals surface area contributed by atoms with Crippen molar-refractivity contribution in [2.45, 2.75) is 59.3 Å². The van der Waals surface area contributed by atoms with Crippen LogP contribution in [0.3, 0.4) is 0 Å². The summed E-state index contributed by atoms with van der Waals surface area (Å²) >= 11 is 4.88. The van der Waals surface area contributed by atoms with E-state index in [0.717, 1.165) is 13.0 Å². The second kappa shape index (κ2) is 10.3. The number of thiocarbonyl (C=S) groups is 1. The van der Waals surface area contributed by atoms with Gasteiger partial charge >= 0.3 is 0 Å². The maximum atomic E-state index is 12.1. The summed E-state index contributed by atoms with van der Waals surface area (Å²) in [6.07, 6.45) is 5.97. The normalized spacial score (nSPS) is 10.7. The topological polar surface area (TPSA) is 46.3 Å². The zero-order chi connectivity index (χ0) is 14.0. The number of hydrogen-bond donors (Lipinski definition) is 1. The van der Waals surface area contributed by atoms with Crippen molar-refractivity contribution >= 4 is 23.1 Å². The van der Waals surface area contributed by atoms with E-state index in [9.17, 15) is 4.79 Å². The molecule has 0 aliphatic rings. The van der Waals surface area contributed by atoms with Crippen molar-refractivity contribution in [3.8, 4) is 0 Å². The Morgan fingerprint density at radius 2 is 1.89 bits per heavy atom.